The second kappa shape index (κ2) is 8.27. The van der Waals surface area contributed by atoms with Crippen molar-refractivity contribution >= 4 is 12.0 Å². The summed E-state index contributed by atoms with van der Waals surface area (Å²) in [6.45, 7) is 9.63. The lowest BCUT2D eigenvalue weighted by molar-refractivity contribution is -0.0567. The highest BCUT2D eigenvalue weighted by atomic mass is 19.3. The molecule has 5 heteroatoms. The van der Waals surface area contributed by atoms with Gasteiger partial charge in [-0.1, -0.05) is 13.8 Å². The molecule has 1 aromatic rings. The molecule has 0 aliphatic heterocycles. The Morgan fingerprint density at radius 2 is 1.91 bits per heavy atom. The fourth-order valence-electron chi connectivity index (χ4n) is 2.15. The summed E-state index contributed by atoms with van der Waals surface area (Å²) < 4.78 is 32.9. The van der Waals surface area contributed by atoms with E-state index in [-0.39, 0.29) is 12.3 Å². The molecule has 0 saturated heterocycles. The SMILES string of the molecule is CCN(C)/C=N/c1cc(C)c(OCC(F)(F)CC(C)C)cc1C. The van der Waals surface area contributed by atoms with Crippen molar-refractivity contribution in [2.75, 3.05) is 20.2 Å². The van der Waals surface area contributed by atoms with Crippen LogP contribution < -0.4 is 4.74 Å². The molecule has 1 rings (SSSR count). The second-order valence-corrected chi connectivity index (χ2v) is 6.46. The number of aliphatic imine (C=N–C) groups is 1. The monoisotopic (exact) mass is 326 g/mol. The summed E-state index contributed by atoms with van der Waals surface area (Å²) in [7, 11) is 1.94. The van der Waals surface area contributed by atoms with E-state index in [1.807, 2.05) is 38.8 Å². The number of ether oxygens (including phenoxy) is 1. The molecule has 0 N–H and O–H groups in total. The first-order valence-electron chi connectivity index (χ1n) is 8.01. The van der Waals surface area contributed by atoms with Gasteiger partial charge in [-0.05, 0) is 49.9 Å². The molecule has 0 unspecified atom stereocenters. The summed E-state index contributed by atoms with van der Waals surface area (Å²) in [6, 6.07) is 3.64. The maximum absolute atomic E-state index is 13.8. The summed E-state index contributed by atoms with van der Waals surface area (Å²) in [5.41, 5.74) is 2.53. The number of nitrogens with zero attached hydrogens (tertiary/aromatic N) is 2. The highest BCUT2D eigenvalue weighted by Crippen LogP contribution is 2.30. The van der Waals surface area contributed by atoms with Gasteiger partial charge in [0.25, 0.3) is 5.92 Å². The van der Waals surface area contributed by atoms with E-state index >= 15 is 0 Å². The first-order valence-corrected chi connectivity index (χ1v) is 8.01. The molecule has 0 spiro atoms. The molecule has 0 aliphatic carbocycles. The van der Waals surface area contributed by atoms with Crippen LogP contribution in [-0.2, 0) is 0 Å². The Balaban J connectivity index is 2.83. The Morgan fingerprint density at radius 3 is 2.48 bits per heavy atom. The molecule has 0 aromatic heterocycles. The summed E-state index contributed by atoms with van der Waals surface area (Å²) in [4.78, 5) is 6.39. The summed E-state index contributed by atoms with van der Waals surface area (Å²) in [5.74, 6) is -2.38. The summed E-state index contributed by atoms with van der Waals surface area (Å²) >= 11 is 0. The van der Waals surface area contributed by atoms with Gasteiger partial charge in [-0.2, -0.15) is 0 Å². The van der Waals surface area contributed by atoms with Gasteiger partial charge >= 0.3 is 0 Å². The average Bonchev–Trinajstić information content (AvgIpc) is 2.44. The molecule has 0 radical (unpaired) electrons. The number of aryl methyl sites for hydroxylation is 2. The van der Waals surface area contributed by atoms with Gasteiger partial charge in [-0.25, -0.2) is 13.8 Å². The van der Waals surface area contributed by atoms with Crippen molar-refractivity contribution in [3.8, 4) is 5.75 Å². The van der Waals surface area contributed by atoms with Crippen LogP contribution in [0.4, 0.5) is 14.5 Å². The number of alkyl halides is 2. The van der Waals surface area contributed by atoms with Gasteiger partial charge < -0.3 is 9.64 Å². The van der Waals surface area contributed by atoms with Crippen LogP contribution in [0, 0.1) is 19.8 Å². The largest absolute Gasteiger partial charge is 0.487 e. The van der Waals surface area contributed by atoms with E-state index in [9.17, 15) is 8.78 Å². The molecule has 0 saturated carbocycles. The lowest BCUT2D eigenvalue weighted by atomic mass is 10.1. The lowest BCUT2D eigenvalue weighted by Gasteiger charge is -2.20. The van der Waals surface area contributed by atoms with Gasteiger partial charge in [0, 0.05) is 20.0 Å². The van der Waals surface area contributed by atoms with Gasteiger partial charge in [-0.15, -0.1) is 0 Å². The zero-order valence-electron chi connectivity index (χ0n) is 15.0. The molecule has 1 aromatic carbocycles. The van der Waals surface area contributed by atoms with E-state index in [4.69, 9.17) is 4.74 Å². The van der Waals surface area contributed by atoms with Crippen LogP contribution >= 0.6 is 0 Å². The van der Waals surface area contributed by atoms with Crippen LogP contribution in [0.15, 0.2) is 17.1 Å². The van der Waals surface area contributed by atoms with Crippen LogP contribution in [-0.4, -0.2) is 37.4 Å². The number of benzene rings is 1. The second-order valence-electron chi connectivity index (χ2n) is 6.46. The third kappa shape index (κ3) is 6.55. The summed E-state index contributed by atoms with van der Waals surface area (Å²) in [5, 5.41) is 0. The smallest absolute Gasteiger partial charge is 0.281 e. The molecule has 0 fully saturated rings. The fourth-order valence-corrected chi connectivity index (χ4v) is 2.15. The minimum absolute atomic E-state index is 0.0660. The van der Waals surface area contributed by atoms with Crippen LogP contribution in [0.5, 0.6) is 5.75 Å². The Morgan fingerprint density at radius 1 is 1.26 bits per heavy atom. The molecule has 3 nitrogen and oxygen atoms in total. The van der Waals surface area contributed by atoms with Crippen molar-refractivity contribution in [1.29, 1.82) is 0 Å². The molecule has 23 heavy (non-hydrogen) atoms. The quantitative estimate of drug-likeness (QED) is 0.497. The standard InChI is InChI=1S/C18H28F2N2O/c1-7-22(6)12-21-16-8-15(5)17(9-14(16)4)23-11-18(19,20)10-13(2)3/h8-9,12-13H,7,10-11H2,1-6H3/b21-12+. The molecule has 0 amide bonds. The molecule has 130 valence electrons. The van der Waals surface area contributed by atoms with Crippen molar-refractivity contribution in [2.24, 2.45) is 10.9 Å². The predicted octanol–water partition coefficient (Wildman–Crippen LogP) is 4.98. The van der Waals surface area contributed by atoms with Gasteiger partial charge in [0.2, 0.25) is 0 Å². The van der Waals surface area contributed by atoms with Crippen molar-refractivity contribution in [3.05, 3.63) is 23.3 Å². The maximum atomic E-state index is 13.8. The first-order chi connectivity index (χ1) is 10.6. The molecular weight excluding hydrogens is 298 g/mol. The highest BCUT2D eigenvalue weighted by molar-refractivity contribution is 5.64. The van der Waals surface area contributed by atoms with Gasteiger partial charge in [0.1, 0.15) is 5.75 Å². The Kier molecular flexibility index (Phi) is 6.98. The maximum Gasteiger partial charge on any atom is 0.281 e. The van der Waals surface area contributed by atoms with Crippen LogP contribution in [0.25, 0.3) is 0 Å². The Bertz CT molecular complexity index is 542. The topological polar surface area (TPSA) is 24.8 Å². The number of hydrogen-bond donors (Lipinski definition) is 0. The third-order valence-corrected chi connectivity index (χ3v) is 3.53. The van der Waals surface area contributed by atoms with Crippen molar-refractivity contribution in [3.63, 3.8) is 0 Å². The van der Waals surface area contributed by atoms with Gasteiger partial charge in [0.15, 0.2) is 6.61 Å². The van der Waals surface area contributed by atoms with Crippen LogP contribution in [0.3, 0.4) is 0 Å². The zero-order chi connectivity index (χ0) is 17.6. The highest BCUT2D eigenvalue weighted by Gasteiger charge is 2.31. The molecular formula is C18H28F2N2O. The van der Waals surface area contributed by atoms with Gasteiger partial charge in [0.05, 0.1) is 12.0 Å². The first kappa shape index (κ1) is 19.4. The molecule has 0 atom stereocenters. The van der Waals surface area contributed by atoms with E-state index < -0.39 is 12.5 Å². The van der Waals surface area contributed by atoms with Gasteiger partial charge in [-0.3, -0.25) is 0 Å². The van der Waals surface area contributed by atoms with Crippen LogP contribution in [0.1, 0.15) is 38.3 Å². The van der Waals surface area contributed by atoms with E-state index in [0.29, 0.717) is 5.75 Å². The summed E-state index contributed by atoms with van der Waals surface area (Å²) in [6.07, 6.45) is 1.59. The van der Waals surface area contributed by atoms with E-state index in [2.05, 4.69) is 4.99 Å². The zero-order valence-corrected chi connectivity index (χ0v) is 15.0. The van der Waals surface area contributed by atoms with Crippen molar-refractivity contribution < 1.29 is 13.5 Å². The number of rotatable bonds is 8. The normalized spacial score (nSPS) is 12.2. The Hall–Kier alpha value is -1.65. The third-order valence-electron chi connectivity index (χ3n) is 3.53. The molecule has 0 heterocycles. The number of halogens is 2. The minimum atomic E-state index is -2.81. The fraction of sp³-hybridized carbons (Fsp3) is 0.611. The predicted molar refractivity (Wildman–Crippen MR) is 92.3 cm³/mol. The van der Waals surface area contributed by atoms with Crippen molar-refractivity contribution in [2.45, 2.75) is 47.0 Å². The Labute approximate surface area is 138 Å². The van der Waals surface area contributed by atoms with E-state index in [1.54, 1.807) is 26.3 Å². The van der Waals surface area contributed by atoms with E-state index in [0.717, 1.165) is 23.4 Å². The lowest BCUT2D eigenvalue weighted by Crippen LogP contribution is -2.27. The van der Waals surface area contributed by atoms with Crippen molar-refractivity contribution in [1.82, 2.24) is 4.90 Å². The average molecular weight is 326 g/mol. The number of hydrogen-bond acceptors (Lipinski definition) is 2. The van der Waals surface area contributed by atoms with E-state index in [1.165, 1.54) is 0 Å². The molecule has 0 bridgehead atoms. The van der Waals surface area contributed by atoms with Crippen LogP contribution in [0.2, 0.25) is 0 Å². The molecule has 0 aliphatic rings. The minimum Gasteiger partial charge on any atom is -0.487 e.